The maximum atomic E-state index is 12.5. The molecule has 152 valence electrons. The molecule has 0 atom stereocenters. The molecule has 0 saturated carbocycles. The number of ketones is 1. The fourth-order valence-corrected chi connectivity index (χ4v) is 3.72. The molecule has 0 fully saturated rings. The largest absolute Gasteiger partial charge is 0.493 e. The Morgan fingerprint density at radius 3 is 2.80 bits per heavy atom. The van der Waals surface area contributed by atoms with Gasteiger partial charge in [0.15, 0.2) is 10.8 Å². The van der Waals surface area contributed by atoms with Gasteiger partial charge < -0.3 is 15.2 Å². The zero-order valence-corrected chi connectivity index (χ0v) is 17.1. The van der Waals surface area contributed by atoms with Crippen LogP contribution < -0.4 is 16.0 Å². The first-order valence-corrected chi connectivity index (χ1v) is 9.84. The lowest BCUT2D eigenvalue weighted by atomic mass is 10.0. The monoisotopic (exact) mass is 422 g/mol. The summed E-state index contributed by atoms with van der Waals surface area (Å²) in [5.41, 5.74) is 7.53. The number of carbonyl (C=O) groups is 1. The minimum atomic E-state index is -0.479. The molecule has 0 radical (unpaired) electrons. The number of carbonyl (C=O) groups excluding carboxylic acids is 1. The third-order valence-electron chi connectivity index (χ3n) is 4.48. The van der Waals surface area contributed by atoms with Gasteiger partial charge in [-0.2, -0.15) is 14.6 Å². The highest BCUT2D eigenvalue weighted by Gasteiger charge is 2.16. The summed E-state index contributed by atoms with van der Waals surface area (Å²) in [5.74, 6) is 0.858. The first-order chi connectivity index (χ1) is 14.5. The number of hydrogen-bond acceptors (Lipinski definition) is 8. The van der Waals surface area contributed by atoms with Crippen molar-refractivity contribution in [1.29, 1.82) is 0 Å². The van der Waals surface area contributed by atoms with E-state index in [0.29, 0.717) is 15.5 Å². The van der Waals surface area contributed by atoms with Crippen LogP contribution in [0.25, 0.3) is 11.0 Å². The summed E-state index contributed by atoms with van der Waals surface area (Å²) < 4.78 is 12.3. The molecule has 2 aromatic heterocycles. The number of para-hydroxylation sites is 1. The number of rotatable bonds is 5. The van der Waals surface area contributed by atoms with E-state index in [1.54, 1.807) is 18.2 Å². The summed E-state index contributed by atoms with van der Waals surface area (Å²) in [6.07, 6.45) is 6.05. The summed E-state index contributed by atoms with van der Waals surface area (Å²) in [7, 11) is 1.41. The molecule has 4 rings (SSSR count). The van der Waals surface area contributed by atoms with Gasteiger partial charge in [-0.25, -0.2) is 0 Å². The molecular formula is C21H18N4O4S. The second-order valence-electron chi connectivity index (χ2n) is 6.51. The number of aryl methyl sites for hydroxylation is 1. The van der Waals surface area contributed by atoms with Gasteiger partial charge >= 0.3 is 0 Å². The maximum Gasteiger partial charge on any atom is 0.283 e. The fourth-order valence-electron chi connectivity index (χ4n) is 2.91. The van der Waals surface area contributed by atoms with Crippen molar-refractivity contribution in [3.8, 4) is 5.75 Å². The van der Waals surface area contributed by atoms with Crippen LogP contribution in [-0.4, -0.2) is 27.5 Å². The summed E-state index contributed by atoms with van der Waals surface area (Å²) in [6, 6.07) is 7.68. The van der Waals surface area contributed by atoms with Crippen LogP contribution in [-0.2, 0) is 16.1 Å². The molecule has 3 aromatic rings. The second kappa shape index (κ2) is 7.96. The van der Waals surface area contributed by atoms with Crippen molar-refractivity contribution in [2.45, 2.75) is 13.5 Å². The van der Waals surface area contributed by atoms with Crippen LogP contribution in [0.2, 0.25) is 0 Å². The molecule has 9 heteroatoms. The van der Waals surface area contributed by atoms with Crippen LogP contribution in [0.15, 0.2) is 58.6 Å². The van der Waals surface area contributed by atoms with E-state index >= 15 is 0 Å². The van der Waals surface area contributed by atoms with Gasteiger partial charge in [0.2, 0.25) is 10.7 Å². The van der Waals surface area contributed by atoms with E-state index in [1.807, 2.05) is 31.2 Å². The molecule has 0 saturated heterocycles. The van der Waals surface area contributed by atoms with Gasteiger partial charge in [0.25, 0.3) is 5.56 Å². The number of anilines is 1. The maximum absolute atomic E-state index is 12.5. The normalized spacial score (nSPS) is 14.9. The molecule has 2 heterocycles. The van der Waals surface area contributed by atoms with E-state index in [9.17, 15) is 9.59 Å². The standard InChI is InChI=1S/C21H18N4O4S/c1-12-5-3-4-6-16(12)29-11-18-24-25-19(22)14(20(27)23-21(25)30-18)9-13-7-8-15(26)17(10-13)28-2/h3-10H,11,22H2,1-2H3. The number of benzene rings is 1. The molecule has 2 N–H and O–H groups in total. The van der Waals surface area contributed by atoms with Crippen molar-refractivity contribution in [2.24, 2.45) is 0 Å². The predicted octanol–water partition coefficient (Wildman–Crippen LogP) is 2.67. The van der Waals surface area contributed by atoms with Gasteiger partial charge in [-0.1, -0.05) is 35.6 Å². The number of ether oxygens (including phenoxy) is 2. The Hall–Kier alpha value is -3.72. The van der Waals surface area contributed by atoms with Gasteiger partial charge in [-0.3, -0.25) is 9.59 Å². The van der Waals surface area contributed by atoms with Crippen molar-refractivity contribution < 1.29 is 14.3 Å². The van der Waals surface area contributed by atoms with E-state index in [-0.39, 0.29) is 29.5 Å². The number of fused-ring (bicyclic) bond motifs is 1. The Balaban J connectivity index is 1.67. The molecule has 0 unspecified atom stereocenters. The van der Waals surface area contributed by atoms with E-state index in [2.05, 4.69) is 10.1 Å². The van der Waals surface area contributed by atoms with Crippen molar-refractivity contribution in [3.05, 3.63) is 80.3 Å². The zero-order chi connectivity index (χ0) is 21.3. The molecule has 1 aromatic carbocycles. The van der Waals surface area contributed by atoms with Crippen LogP contribution in [0, 0.1) is 6.92 Å². The first kappa shape index (κ1) is 19.6. The third kappa shape index (κ3) is 3.74. The van der Waals surface area contributed by atoms with Crippen LogP contribution in [0.3, 0.4) is 0 Å². The number of hydrogen-bond donors (Lipinski definition) is 1. The zero-order valence-electron chi connectivity index (χ0n) is 16.3. The summed E-state index contributed by atoms with van der Waals surface area (Å²) in [6.45, 7) is 2.19. The molecule has 1 aliphatic carbocycles. The smallest absolute Gasteiger partial charge is 0.283 e. The average Bonchev–Trinajstić information content (AvgIpc) is 3.14. The van der Waals surface area contributed by atoms with Gasteiger partial charge in [0.05, 0.1) is 12.7 Å². The Morgan fingerprint density at radius 2 is 2.03 bits per heavy atom. The molecule has 1 aliphatic rings. The van der Waals surface area contributed by atoms with E-state index in [0.717, 1.165) is 11.3 Å². The van der Waals surface area contributed by atoms with E-state index in [4.69, 9.17) is 15.2 Å². The number of nitrogens with zero attached hydrogens (tertiary/aromatic N) is 3. The van der Waals surface area contributed by atoms with Crippen molar-refractivity contribution in [1.82, 2.24) is 14.6 Å². The highest BCUT2D eigenvalue weighted by atomic mass is 32.1. The van der Waals surface area contributed by atoms with Crippen LogP contribution >= 0.6 is 11.3 Å². The highest BCUT2D eigenvalue weighted by molar-refractivity contribution is 7.16. The summed E-state index contributed by atoms with van der Waals surface area (Å²) in [5, 5.41) is 5.07. The van der Waals surface area contributed by atoms with E-state index < -0.39 is 5.56 Å². The molecule has 0 amide bonds. The van der Waals surface area contributed by atoms with Crippen LogP contribution in [0.4, 0.5) is 5.82 Å². The minimum Gasteiger partial charge on any atom is -0.493 e. The molecule has 0 bridgehead atoms. The quantitative estimate of drug-likeness (QED) is 0.673. The van der Waals surface area contributed by atoms with Crippen LogP contribution in [0.1, 0.15) is 16.1 Å². The van der Waals surface area contributed by atoms with Crippen molar-refractivity contribution in [3.63, 3.8) is 0 Å². The Morgan fingerprint density at radius 1 is 1.23 bits per heavy atom. The second-order valence-corrected chi connectivity index (χ2v) is 7.56. The van der Waals surface area contributed by atoms with Crippen molar-refractivity contribution >= 4 is 34.0 Å². The molecule has 0 aliphatic heterocycles. The number of aromatic nitrogens is 3. The predicted molar refractivity (Wildman–Crippen MR) is 114 cm³/mol. The fraction of sp³-hybridized carbons (Fsp3) is 0.143. The first-order valence-electron chi connectivity index (χ1n) is 9.02. The van der Waals surface area contributed by atoms with Gasteiger partial charge in [0, 0.05) is 0 Å². The summed E-state index contributed by atoms with van der Waals surface area (Å²) in [4.78, 5) is 28.7. The number of methoxy groups -OCH3 is 1. The molecule has 8 nitrogen and oxygen atoms in total. The summed E-state index contributed by atoms with van der Waals surface area (Å²) >= 11 is 1.23. The van der Waals surface area contributed by atoms with Gasteiger partial charge in [0.1, 0.15) is 18.2 Å². The lowest BCUT2D eigenvalue weighted by Crippen LogP contribution is -2.17. The average molecular weight is 422 g/mol. The lowest BCUT2D eigenvalue weighted by molar-refractivity contribution is -0.114. The SMILES string of the molecule is COC1=CC(=Cc2c(N)n3nc(COc4ccccc4C)sc3nc2=O)C=CC1=O. The molecule has 0 spiro atoms. The van der Waals surface area contributed by atoms with Gasteiger partial charge in [-0.05, 0) is 42.4 Å². The Kier molecular flexibility index (Phi) is 5.20. The van der Waals surface area contributed by atoms with Crippen LogP contribution in [0.5, 0.6) is 5.75 Å². The molecule has 30 heavy (non-hydrogen) atoms. The third-order valence-corrected chi connectivity index (χ3v) is 5.36. The number of nitrogen functional groups attached to an aromatic ring is 1. The lowest BCUT2D eigenvalue weighted by Gasteiger charge is -2.08. The number of allylic oxidation sites excluding steroid dienone is 4. The van der Waals surface area contributed by atoms with E-state index in [1.165, 1.54) is 29.0 Å². The highest BCUT2D eigenvalue weighted by Crippen LogP contribution is 2.23. The minimum absolute atomic E-state index is 0.161. The van der Waals surface area contributed by atoms with Gasteiger partial charge in [-0.15, -0.1) is 0 Å². The Labute approximate surface area is 175 Å². The molecular weight excluding hydrogens is 404 g/mol. The number of nitrogens with two attached hydrogens (primary N) is 1. The Bertz CT molecular complexity index is 1300. The topological polar surface area (TPSA) is 109 Å². The van der Waals surface area contributed by atoms with Crippen molar-refractivity contribution in [2.75, 3.05) is 12.8 Å².